The Morgan fingerprint density at radius 2 is 2.14 bits per heavy atom. The average molecular weight is 289 g/mol. The van der Waals surface area contributed by atoms with E-state index in [4.69, 9.17) is 9.72 Å². The molecule has 3 heterocycles. The zero-order valence-electron chi connectivity index (χ0n) is 12.8. The molecule has 1 fully saturated rings. The van der Waals surface area contributed by atoms with Gasteiger partial charge in [-0.25, -0.2) is 0 Å². The predicted octanol–water partition coefficient (Wildman–Crippen LogP) is 2.31. The molecule has 2 aromatic heterocycles. The van der Waals surface area contributed by atoms with E-state index in [1.165, 1.54) is 12.8 Å². The number of fused-ring (bicyclic) bond motifs is 1. The van der Waals surface area contributed by atoms with Crippen molar-refractivity contribution in [1.29, 1.82) is 0 Å². The second-order valence-corrected chi connectivity index (χ2v) is 5.55. The Balaban J connectivity index is 1.87. The maximum atomic E-state index is 5.09. The second-order valence-electron chi connectivity index (χ2n) is 5.55. The van der Waals surface area contributed by atoms with Crippen LogP contribution >= 0.6 is 0 Å². The molecule has 6 nitrogen and oxygen atoms in total. The van der Waals surface area contributed by atoms with Gasteiger partial charge in [-0.2, -0.15) is 9.97 Å². The van der Waals surface area contributed by atoms with E-state index >= 15 is 0 Å². The van der Waals surface area contributed by atoms with Crippen molar-refractivity contribution in [3.05, 3.63) is 11.8 Å². The van der Waals surface area contributed by atoms with Crippen LogP contribution < -0.4 is 10.2 Å². The minimum absolute atomic E-state index is 0.756. The Hall–Kier alpha value is -1.82. The molecule has 0 radical (unpaired) electrons. The van der Waals surface area contributed by atoms with Crippen LogP contribution in [0.4, 0.5) is 11.8 Å². The summed E-state index contributed by atoms with van der Waals surface area (Å²) >= 11 is 0. The lowest BCUT2D eigenvalue weighted by molar-refractivity contribution is 0.198. The van der Waals surface area contributed by atoms with E-state index in [1.807, 2.05) is 6.92 Å². The van der Waals surface area contributed by atoms with Gasteiger partial charge in [-0.1, -0.05) is 0 Å². The minimum Gasteiger partial charge on any atom is -0.385 e. The fourth-order valence-electron chi connectivity index (χ4n) is 2.75. The van der Waals surface area contributed by atoms with Gasteiger partial charge in [0.05, 0.1) is 5.39 Å². The molecule has 21 heavy (non-hydrogen) atoms. The summed E-state index contributed by atoms with van der Waals surface area (Å²) in [6, 6.07) is 2.10. The summed E-state index contributed by atoms with van der Waals surface area (Å²) in [7, 11) is 1.73. The summed E-state index contributed by atoms with van der Waals surface area (Å²) in [5.74, 6) is 1.75. The molecule has 1 aliphatic heterocycles. The van der Waals surface area contributed by atoms with Crippen molar-refractivity contribution in [2.75, 3.05) is 43.6 Å². The largest absolute Gasteiger partial charge is 0.385 e. The van der Waals surface area contributed by atoms with Crippen molar-refractivity contribution in [2.45, 2.75) is 26.2 Å². The lowest BCUT2D eigenvalue weighted by atomic mass is 10.3. The first-order chi connectivity index (χ1) is 10.3. The number of aryl methyl sites for hydroxylation is 1. The van der Waals surface area contributed by atoms with Gasteiger partial charge in [0.25, 0.3) is 0 Å². The van der Waals surface area contributed by atoms with Crippen molar-refractivity contribution < 1.29 is 4.74 Å². The molecule has 1 saturated heterocycles. The van der Waals surface area contributed by atoms with Crippen molar-refractivity contribution in [2.24, 2.45) is 0 Å². The Morgan fingerprint density at radius 1 is 1.33 bits per heavy atom. The number of hydrogen-bond donors (Lipinski definition) is 2. The highest BCUT2D eigenvalue weighted by atomic mass is 16.5. The van der Waals surface area contributed by atoms with Gasteiger partial charge in [0.2, 0.25) is 5.95 Å². The standard InChI is InChI=1S/C15H23N5O/c1-11-10-12-13(16-6-5-9-21-2)18-15(19-14(12)17-11)20-7-3-4-8-20/h10H,3-9H2,1-2H3,(H2,16,17,18,19). The van der Waals surface area contributed by atoms with Crippen LogP contribution in [0.2, 0.25) is 0 Å². The molecular formula is C15H23N5O. The molecule has 6 heteroatoms. The summed E-state index contributed by atoms with van der Waals surface area (Å²) in [6.45, 7) is 5.75. The van der Waals surface area contributed by atoms with Crippen LogP contribution in [0.3, 0.4) is 0 Å². The molecule has 2 aromatic rings. The number of aromatic nitrogens is 3. The topological polar surface area (TPSA) is 66.1 Å². The molecule has 2 N–H and O–H groups in total. The van der Waals surface area contributed by atoms with Crippen LogP contribution in [0.5, 0.6) is 0 Å². The Labute approximate surface area is 124 Å². The lowest BCUT2D eigenvalue weighted by Crippen LogP contribution is -2.21. The Morgan fingerprint density at radius 3 is 2.90 bits per heavy atom. The van der Waals surface area contributed by atoms with Gasteiger partial charge in [0, 0.05) is 39.0 Å². The van der Waals surface area contributed by atoms with Crippen LogP contribution in [0, 0.1) is 6.92 Å². The number of aromatic amines is 1. The van der Waals surface area contributed by atoms with Gasteiger partial charge < -0.3 is 19.9 Å². The molecule has 0 aromatic carbocycles. The first-order valence-corrected chi connectivity index (χ1v) is 7.63. The van der Waals surface area contributed by atoms with Gasteiger partial charge in [-0.3, -0.25) is 0 Å². The molecular weight excluding hydrogens is 266 g/mol. The number of methoxy groups -OCH3 is 1. The predicted molar refractivity (Wildman–Crippen MR) is 85.1 cm³/mol. The molecule has 0 saturated carbocycles. The van der Waals surface area contributed by atoms with Crippen LogP contribution in [0.1, 0.15) is 25.0 Å². The summed E-state index contributed by atoms with van der Waals surface area (Å²) in [4.78, 5) is 15.0. The van der Waals surface area contributed by atoms with E-state index in [-0.39, 0.29) is 0 Å². The third-order valence-electron chi connectivity index (χ3n) is 3.82. The monoisotopic (exact) mass is 289 g/mol. The molecule has 3 rings (SSSR count). The van der Waals surface area contributed by atoms with Crippen molar-refractivity contribution in [3.63, 3.8) is 0 Å². The lowest BCUT2D eigenvalue weighted by Gasteiger charge is -2.16. The van der Waals surface area contributed by atoms with Crippen LogP contribution in [0.15, 0.2) is 6.07 Å². The normalized spacial score (nSPS) is 15.0. The molecule has 0 amide bonds. The van der Waals surface area contributed by atoms with E-state index in [9.17, 15) is 0 Å². The van der Waals surface area contributed by atoms with Crippen molar-refractivity contribution in [3.8, 4) is 0 Å². The van der Waals surface area contributed by atoms with Gasteiger partial charge in [0.1, 0.15) is 11.5 Å². The maximum Gasteiger partial charge on any atom is 0.229 e. The van der Waals surface area contributed by atoms with E-state index in [0.717, 1.165) is 61.2 Å². The van der Waals surface area contributed by atoms with Crippen LogP contribution in [-0.4, -0.2) is 48.3 Å². The second kappa shape index (κ2) is 6.30. The number of hydrogen-bond acceptors (Lipinski definition) is 5. The fourth-order valence-corrected chi connectivity index (χ4v) is 2.75. The highest BCUT2D eigenvalue weighted by Gasteiger charge is 2.18. The summed E-state index contributed by atoms with van der Waals surface area (Å²) in [6.07, 6.45) is 3.41. The highest BCUT2D eigenvalue weighted by Crippen LogP contribution is 2.25. The number of ether oxygens (including phenoxy) is 1. The van der Waals surface area contributed by atoms with E-state index in [0.29, 0.717) is 0 Å². The van der Waals surface area contributed by atoms with Crippen molar-refractivity contribution in [1.82, 2.24) is 15.0 Å². The summed E-state index contributed by atoms with van der Waals surface area (Å²) < 4.78 is 5.09. The fraction of sp³-hybridized carbons (Fsp3) is 0.600. The molecule has 0 spiro atoms. The van der Waals surface area contributed by atoms with Crippen LogP contribution in [-0.2, 0) is 4.74 Å². The summed E-state index contributed by atoms with van der Waals surface area (Å²) in [5.41, 5.74) is 2.02. The quantitative estimate of drug-likeness (QED) is 0.799. The van der Waals surface area contributed by atoms with E-state index < -0.39 is 0 Å². The Bertz CT molecular complexity index is 603. The maximum absolute atomic E-state index is 5.09. The molecule has 0 aliphatic carbocycles. The SMILES string of the molecule is COCCCNc1nc(N2CCCC2)nc2[nH]c(C)cc12. The third kappa shape index (κ3) is 3.10. The molecule has 0 atom stereocenters. The zero-order valence-corrected chi connectivity index (χ0v) is 12.8. The van der Waals surface area contributed by atoms with E-state index in [2.05, 4.69) is 26.3 Å². The molecule has 0 bridgehead atoms. The average Bonchev–Trinajstić information content (AvgIpc) is 3.11. The van der Waals surface area contributed by atoms with Gasteiger partial charge >= 0.3 is 0 Å². The number of rotatable bonds is 6. The highest BCUT2D eigenvalue weighted by molar-refractivity contribution is 5.89. The zero-order chi connectivity index (χ0) is 14.7. The smallest absolute Gasteiger partial charge is 0.229 e. The van der Waals surface area contributed by atoms with Crippen molar-refractivity contribution >= 4 is 22.8 Å². The molecule has 1 aliphatic rings. The van der Waals surface area contributed by atoms with Gasteiger partial charge in [-0.05, 0) is 32.3 Å². The van der Waals surface area contributed by atoms with Gasteiger partial charge in [-0.15, -0.1) is 0 Å². The molecule has 114 valence electrons. The Kier molecular flexibility index (Phi) is 4.24. The van der Waals surface area contributed by atoms with E-state index in [1.54, 1.807) is 7.11 Å². The first-order valence-electron chi connectivity index (χ1n) is 7.63. The number of nitrogens with zero attached hydrogens (tertiary/aromatic N) is 3. The summed E-state index contributed by atoms with van der Waals surface area (Å²) in [5, 5.41) is 4.48. The number of nitrogens with one attached hydrogen (secondary N) is 2. The van der Waals surface area contributed by atoms with Crippen LogP contribution in [0.25, 0.3) is 11.0 Å². The number of anilines is 2. The van der Waals surface area contributed by atoms with Gasteiger partial charge in [0.15, 0.2) is 0 Å². The number of H-pyrrole nitrogens is 1. The molecule has 0 unspecified atom stereocenters. The minimum atomic E-state index is 0.756. The third-order valence-corrected chi connectivity index (χ3v) is 3.82. The first kappa shape index (κ1) is 14.1.